The van der Waals surface area contributed by atoms with E-state index in [9.17, 15) is 0 Å². The molecular formula is C48H50O8. The summed E-state index contributed by atoms with van der Waals surface area (Å²) < 4.78 is 46.5. The average molecular weight is 755 g/mol. The highest BCUT2D eigenvalue weighted by molar-refractivity contribution is 5.50. The molecule has 0 heterocycles. The van der Waals surface area contributed by atoms with Crippen molar-refractivity contribution in [3.05, 3.63) is 155 Å². The first-order chi connectivity index (χ1) is 27.4. The van der Waals surface area contributed by atoms with Gasteiger partial charge in [0.05, 0.1) is 42.7 Å². The maximum Gasteiger partial charge on any atom is 0.169 e. The summed E-state index contributed by atoms with van der Waals surface area (Å²) in [6.07, 6.45) is 4.87. The van der Waals surface area contributed by atoms with Gasteiger partial charge in [0.2, 0.25) is 0 Å². The fourth-order valence-electron chi connectivity index (χ4n) is 6.59. The largest absolute Gasteiger partial charge is 0.497 e. The van der Waals surface area contributed by atoms with Crippen molar-refractivity contribution >= 4 is 0 Å². The van der Waals surface area contributed by atoms with E-state index in [0.717, 1.165) is 83.8 Å². The van der Waals surface area contributed by atoms with Crippen LogP contribution in [0.3, 0.4) is 0 Å². The molecule has 6 aromatic carbocycles. The molecule has 0 unspecified atom stereocenters. The minimum Gasteiger partial charge on any atom is -0.497 e. The summed E-state index contributed by atoms with van der Waals surface area (Å²) in [7, 11) is 10.0. The fourth-order valence-corrected chi connectivity index (χ4v) is 6.59. The second-order valence-electron chi connectivity index (χ2n) is 13.4. The zero-order valence-corrected chi connectivity index (χ0v) is 33.1. The summed E-state index contributed by atoms with van der Waals surface area (Å²) in [6, 6.07) is 40.4. The van der Waals surface area contributed by atoms with Crippen LogP contribution in [0.4, 0.5) is 0 Å². The maximum atomic E-state index is 6.48. The molecule has 6 rings (SSSR count). The van der Waals surface area contributed by atoms with E-state index < -0.39 is 0 Å². The Morgan fingerprint density at radius 2 is 0.607 bits per heavy atom. The number of hydrogen-bond acceptors (Lipinski definition) is 8. The van der Waals surface area contributed by atoms with Gasteiger partial charge < -0.3 is 37.9 Å². The highest BCUT2D eigenvalue weighted by atomic mass is 16.5. The lowest BCUT2D eigenvalue weighted by atomic mass is 10.0. The molecule has 8 heteroatoms. The van der Waals surface area contributed by atoms with Crippen LogP contribution in [-0.4, -0.2) is 42.7 Å². The van der Waals surface area contributed by atoms with E-state index in [1.165, 1.54) is 11.1 Å². The lowest BCUT2D eigenvalue weighted by molar-refractivity contribution is 0.375. The van der Waals surface area contributed by atoms with Gasteiger partial charge in [0.1, 0.15) is 34.5 Å². The van der Waals surface area contributed by atoms with Gasteiger partial charge in [-0.05, 0) is 145 Å². The number of ether oxygens (including phenoxy) is 8. The standard InChI is InChI=1S/C48H50O8/c1-49-39-11-7-9-33(23-39)15-17-37-25-41(51-3)31-43(27-37)55-47-29-35(19-21-45(47)53-5)13-14-36-20-22-46(54-6)48(30-36)56-44-28-38(26-42(32-44)52-4)18-16-34-10-8-12-40(24-34)50-2/h7-12,19-32H,13-18H2,1-6H3. The van der Waals surface area contributed by atoms with Gasteiger partial charge in [-0.15, -0.1) is 0 Å². The molecule has 8 nitrogen and oxygen atoms in total. The number of aryl methyl sites for hydroxylation is 6. The van der Waals surface area contributed by atoms with Crippen molar-refractivity contribution in [3.63, 3.8) is 0 Å². The third-order valence-corrected chi connectivity index (χ3v) is 9.64. The normalized spacial score (nSPS) is 10.8. The monoisotopic (exact) mass is 754 g/mol. The van der Waals surface area contributed by atoms with Gasteiger partial charge in [-0.25, -0.2) is 0 Å². The van der Waals surface area contributed by atoms with E-state index in [4.69, 9.17) is 37.9 Å². The Kier molecular flexibility index (Phi) is 13.6. The van der Waals surface area contributed by atoms with Crippen LogP contribution in [0.1, 0.15) is 33.4 Å². The van der Waals surface area contributed by atoms with E-state index in [1.54, 1.807) is 42.7 Å². The average Bonchev–Trinajstić information content (AvgIpc) is 3.24. The van der Waals surface area contributed by atoms with Crippen LogP contribution in [0.5, 0.6) is 57.5 Å². The molecule has 290 valence electrons. The summed E-state index contributed by atoms with van der Waals surface area (Å²) >= 11 is 0. The van der Waals surface area contributed by atoms with E-state index >= 15 is 0 Å². The fraction of sp³-hybridized carbons (Fsp3) is 0.250. The molecule has 56 heavy (non-hydrogen) atoms. The molecule has 0 aliphatic carbocycles. The molecule has 0 spiro atoms. The van der Waals surface area contributed by atoms with Gasteiger partial charge in [0, 0.05) is 12.1 Å². The second-order valence-corrected chi connectivity index (χ2v) is 13.4. The Morgan fingerprint density at radius 1 is 0.268 bits per heavy atom. The Bertz CT molecular complexity index is 2050. The molecule has 0 fully saturated rings. The molecule has 0 bridgehead atoms. The first-order valence-electron chi connectivity index (χ1n) is 18.7. The molecule has 0 atom stereocenters. The first-order valence-corrected chi connectivity index (χ1v) is 18.7. The molecule has 0 saturated heterocycles. The van der Waals surface area contributed by atoms with E-state index in [1.807, 2.05) is 72.8 Å². The second kappa shape index (κ2) is 19.4. The van der Waals surface area contributed by atoms with Crippen LogP contribution in [0, 0.1) is 0 Å². The highest BCUT2D eigenvalue weighted by Gasteiger charge is 2.13. The Morgan fingerprint density at radius 3 is 0.982 bits per heavy atom. The van der Waals surface area contributed by atoms with Crippen molar-refractivity contribution in [1.82, 2.24) is 0 Å². The van der Waals surface area contributed by atoms with Crippen LogP contribution in [-0.2, 0) is 38.5 Å². The zero-order valence-electron chi connectivity index (χ0n) is 33.1. The number of methoxy groups -OCH3 is 6. The molecule has 0 aromatic heterocycles. The maximum absolute atomic E-state index is 6.48. The first kappa shape index (κ1) is 39.4. The molecule has 0 N–H and O–H groups in total. The summed E-state index contributed by atoms with van der Waals surface area (Å²) in [6.45, 7) is 0. The van der Waals surface area contributed by atoms with Crippen LogP contribution in [0.2, 0.25) is 0 Å². The van der Waals surface area contributed by atoms with Gasteiger partial charge in [0.15, 0.2) is 23.0 Å². The van der Waals surface area contributed by atoms with Crippen molar-refractivity contribution in [1.29, 1.82) is 0 Å². The van der Waals surface area contributed by atoms with E-state index in [2.05, 4.69) is 48.5 Å². The van der Waals surface area contributed by atoms with Gasteiger partial charge in [0.25, 0.3) is 0 Å². The summed E-state index contributed by atoms with van der Waals surface area (Å²) in [5.41, 5.74) is 6.82. The highest BCUT2D eigenvalue weighted by Crippen LogP contribution is 2.37. The van der Waals surface area contributed by atoms with Crippen molar-refractivity contribution in [2.45, 2.75) is 38.5 Å². The Hall–Kier alpha value is -6.28. The SMILES string of the molecule is COc1cccc(CCc2cc(OC)cc(Oc3cc(CCc4ccc(OC)c(Oc5cc(CCc6cccc(OC)c6)cc(OC)c5)c4)ccc3OC)c2)c1. The zero-order chi connectivity index (χ0) is 39.3. The molecule has 0 aliphatic rings. The van der Waals surface area contributed by atoms with Crippen LogP contribution in [0.25, 0.3) is 0 Å². The van der Waals surface area contributed by atoms with Crippen LogP contribution < -0.4 is 37.9 Å². The van der Waals surface area contributed by atoms with Crippen molar-refractivity contribution in [2.24, 2.45) is 0 Å². The van der Waals surface area contributed by atoms with Gasteiger partial charge in [-0.3, -0.25) is 0 Å². The number of benzene rings is 6. The predicted octanol–water partition coefficient (Wildman–Crippen LogP) is 10.7. The van der Waals surface area contributed by atoms with Crippen molar-refractivity contribution in [3.8, 4) is 57.5 Å². The lowest BCUT2D eigenvalue weighted by Gasteiger charge is -2.15. The molecule has 6 aromatic rings. The Balaban J connectivity index is 1.14. The number of hydrogen-bond donors (Lipinski definition) is 0. The smallest absolute Gasteiger partial charge is 0.169 e. The lowest BCUT2D eigenvalue weighted by Crippen LogP contribution is -1.98. The van der Waals surface area contributed by atoms with Crippen LogP contribution in [0.15, 0.2) is 121 Å². The Labute approximate surface area is 330 Å². The van der Waals surface area contributed by atoms with Gasteiger partial charge >= 0.3 is 0 Å². The van der Waals surface area contributed by atoms with Gasteiger partial charge in [-0.1, -0.05) is 36.4 Å². The topological polar surface area (TPSA) is 73.8 Å². The summed E-state index contributed by atoms with van der Waals surface area (Å²) in [5.74, 6) is 7.09. The van der Waals surface area contributed by atoms with Gasteiger partial charge in [-0.2, -0.15) is 0 Å². The molecule has 0 aliphatic heterocycles. The quantitative estimate of drug-likeness (QED) is 0.0809. The van der Waals surface area contributed by atoms with Crippen molar-refractivity contribution in [2.75, 3.05) is 42.7 Å². The third kappa shape index (κ3) is 10.7. The van der Waals surface area contributed by atoms with Crippen LogP contribution >= 0.6 is 0 Å². The summed E-state index contributed by atoms with van der Waals surface area (Å²) in [4.78, 5) is 0. The predicted molar refractivity (Wildman–Crippen MR) is 220 cm³/mol. The third-order valence-electron chi connectivity index (χ3n) is 9.64. The minimum absolute atomic E-state index is 0.635. The molecule has 0 radical (unpaired) electrons. The molecule has 0 amide bonds. The van der Waals surface area contributed by atoms with E-state index in [-0.39, 0.29) is 0 Å². The van der Waals surface area contributed by atoms with Crippen molar-refractivity contribution < 1.29 is 37.9 Å². The summed E-state index contributed by atoms with van der Waals surface area (Å²) in [5, 5.41) is 0. The minimum atomic E-state index is 0.635. The molecule has 0 saturated carbocycles. The molecular weight excluding hydrogens is 705 g/mol. The number of rotatable bonds is 19. The van der Waals surface area contributed by atoms with E-state index in [0.29, 0.717) is 34.5 Å².